The molecule has 150 valence electrons. The van der Waals surface area contributed by atoms with Crippen LogP contribution in [-0.2, 0) is 4.74 Å². The van der Waals surface area contributed by atoms with Crippen LogP contribution in [0, 0.1) is 12.7 Å². The van der Waals surface area contributed by atoms with Gasteiger partial charge in [-0.05, 0) is 57.2 Å². The molecule has 2 aromatic carbocycles. The fourth-order valence-electron chi connectivity index (χ4n) is 2.70. The van der Waals surface area contributed by atoms with Crippen LogP contribution in [0.3, 0.4) is 0 Å². The Balaban J connectivity index is 1.86. The Morgan fingerprint density at radius 2 is 1.86 bits per heavy atom. The van der Waals surface area contributed by atoms with E-state index >= 15 is 0 Å². The van der Waals surface area contributed by atoms with Crippen LogP contribution in [-0.4, -0.2) is 23.1 Å². The van der Waals surface area contributed by atoms with Crippen molar-refractivity contribution in [2.24, 2.45) is 0 Å². The van der Waals surface area contributed by atoms with Gasteiger partial charge < -0.3 is 14.6 Å². The number of aryl methyl sites for hydroxylation is 1. The van der Waals surface area contributed by atoms with Gasteiger partial charge in [-0.2, -0.15) is 0 Å². The fraction of sp³-hybridized carbons (Fsp3) is 0.190. The first-order valence-corrected chi connectivity index (χ1v) is 9.18. The van der Waals surface area contributed by atoms with E-state index in [1.54, 1.807) is 32.9 Å². The highest BCUT2D eigenvalue weighted by Crippen LogP contribution is 2.33. The lowest BCUT2D eigenvalue weighted by Crippen LogP contribution is -2.14. The van der Waals surface area contributed by atoms with Crippen LogP contribution >= 0.6 is 11.6 Å². The molecule has 0 radical (unpaired) electrons. The minimum Gasteiger partial charge on any atom is -0.459 e. The normalized spacial score (nSPS) is 10.8. The summed E-state index contributed by atoms with van der Waals surface area (Å²) in [6.45, 7) is 5.06. The van der Waals surface area contributed by atoms with Crippen molar-refractivity contribution < 1.29 is 23.2 Å². The van der Waals surface area contributed by atoms with E-state index in [1.165, 1.54) is 30.3 Å². The number of carbonyl (C=O) groups is 2. The third-order valence-corrected chi connectivity index (χ3v) is 4.33. The molecule has 3 rings (SSSR count). The van der Waals surface area contributed by atoms with Crippen LogP contribution in [0.1, 0.15) is 40.3 Å². The minimum atomic E-state index is -0.618. The monoisotopic (exact) mass is 416 g/mol. The molecule has 0 aliphatic carbocycles. The number of rotatable bonds is 5. The van der Waals surface area contributed by atoms with Crippen molar-refractivity contribution in [3.8, 4) is 11.3 Å². The van der Waals surface area contributed by atoms with Crippen LogP contribution in [0.4, 0.5) is 10.1 Å². The molecule has 1 N–H and O–H groups in total. The minimum absolute atomic E-state index is 0.0112. The van der Waals surface area contributed by atoms with Gasteiger partial charge >= 0.3 is 5.97 Å². The molecule has 0 aliphatic rings. The first-order chi connectivity index (χ1) is 13.8. The predicted molar refractivity (Wildman–Crippen MR) is 107 cm³/mol. The Bertz CT molecular complexity index is 1040. The highest BCUT2D eigenvalue weighted by molar-refractivity contribution is 6.33. The van der Waals surface area contributed by atoms with Gasteiger partial charge in [0.05, 0.1) is 22.3 Å². The topological polar surface area (TPSA) is 81.4 Å². The lowest BCUT2D eigenvalue weighted by atomic mass is 10.0. The molecule has 0 atom stereocenters. The summed E-state index contributed by atoms with van der Waals surface area (Å²) < 4.78 is 24.5. The van der Waals surface area contributed by atoms with E-state index in [0.717, 1.165) is 0 Å². The van der Waals surface area contributed by atoms with Gasteiger partial charge in [-0.3, -0.25) is 4.79 Å². The van der Waals surface area contributed by atoms with E-state index in [-0.39, 0.29) is 33.7 Å². The summed E-state index contributed by atoms with van der Waals surface area (Å²) in [6, 6.07) is 10.4. The number of anilines is 1. The molecule has 6 nitrogen and oxygen atoms in total. The Morgan fingerprint density at radius 1 is 1.17 bits per heavy atom. The molecule has 1 aromatic heterocycles. The summed E-state index contributed by atoms with van der Waals surface area (Å²) >= 11 is 6.10. The second kappa shape index (κ2) is 8.45. The third-order valence-electron chi connectivity index (χ3n) is 4.01. The number of amides is 1. The van der Waals surface area contributed by atoms with Gasteiger partial charge in [0.1, 0.15) is 22.8 Å². The summed E-state index contributed by atoms with van der Waals surface area (Å²) in [7, 11) is 0. The number of hydrogen-bond donors (Lipinski definition) is 1. The van der Waals surface area contributed by atoms with Crippen LogP contribution < -0.4 is 5.32 Å². The smallest absolute Gasteiger partial charge is 0.338 e. The number of carbonyl (C=O) groups excluding carboxylic acids is 2. The van der Waals surface area contributed by atoms with E-state index in [9.17, 15) is 14.0 Å². The van der Waals surface area contributed by atoms with Gasteiger partial charge in [-0.25, -0.2) is 9.18 Å². The summed E-state index contributed by atoms with van der Waals surface area (Å²) in [4.78, 5) is 24.7. The molecule has 8 heteroatoms. The molecule has 0 fully saturated rings. The van der Waals surface area contributed by atoms with Crippen molar-refractivity contribution in [3.05, 3.63) is 70.2 Å². The van der Waals surface area contributed by atoms with E-state index < -0.39 is 17.7 Å². The molecule has 1 heterocycles. The third kappa shape index (κ3) is 4.46. The number of nitrogens with one attached hydrogen (secondary N) is 1. The quantitative estimate of drug-likeness (QED) is 0.574. The lowest BCUT2D eigenvalue weighted by Gasteiger charge is -2.09. The Labute approximate surface area is 171 Å². The Hall–Kier alpha value is -3.19. The molecular formula is C21H18ClFN2O4. The second-order valence-electron chi connectivity index (χ2n) is 6.54. The number of esters is 1. The van der Waals surface area contributed by atoms with Gasteiger partial charge in [0, 0.05) is 5.69 Å². The maximum absolute atomic E-state index is 14.3. The van der Waals surface area contributed by atoms with Crippen molar-refractivity contribution in [2.45, 2.75) is 26.9 Å². The molecule has 0 saturated carbocycles. The van der Waals surface area contributed by atoms with Crippen molar-refractivity contribution in [2.75, 3.05) is 5.32 Å². The number of ether oxygens (including phenoxy) is 1. The zero-order chi connectivity index (χ0) is 21.1. The Kier molecular flexibility index (Phi) is 5.98. The summed E-state index contributed by atoms with van der Waals surface area (Å²) in [5.74, 6) is -1.40. The highest BCUT2D eigenvalue weighted by atomic mass is 35.5. The predicted octanol–water partition coefficient (Wildman–Crippen LogP) is 5.26. The van der Waals surface area contributed by atoms with E-state index in [1.807, 2.05) is 0 Å². The van der Waals surface area contributed by atoms with Crippen molar-refractivity contribution in [1.82, 2.24) is 5.16 Å². The summed E-state index contributed by atoms with van der Waals surface area (Å²) in [5, 5.41) is 6.61. The molecule has 0 unspecified atom stereocenters. The van der Waals surface area contributed by atoms with Gasteiger partial charge in [-0.15, -0.1) is 0 Å². The number of hydrogen-bond acceptors (Lipinski definition) is 5. The maximum atomic E-state index is 14.3. The maximum Gasteiger partial charge on any atom is 0.338 e. The van der Waals surface area contributed by atoms with E-state index in [4.69, 9.17) is 20.9 Å². The Morgan fingerprint density at radius 3 is 2.48 bits per heavy atom. The van der Waals surface area contributed by atoms with Crippen molar-refractivity contribution in [1.29, 1.82) is 0 Å². The zero-order valence-electron chi connectivity index (χ0n) is 16.0. The summed E-state index contributed by atoms with van der Waals surface area (Å²) in [5.41, 5.74) is 0.863. The SMILES string of the molecule is Cc1onc(-c2c(F)cccc2Cl)c1C(=O)Nc1ccc(C(=O)OC(C)C)cc1. The van der Waals surface area contributed by atoms with Crippen LogP contribution in [0.15, 0.2) is 47.0 Å². The molecule has 0 saturated heterocycles. The lowest BCUT2D eigenvalue weighted by molar-refractivity contribution is 0.0378. The van der Waals surface area contributed by atoms with Gasteiger partial charge in [0.15, 0.2) is 0 Å². The number of halogens is 2. The summed E-state index contributed by atoms with van der Waals surface area (Å²) in [6.07, 6.45) is -0.234. The zero-order valence-corrected chi connectivity index (χ0v) is 16.7. The fourth-order valence-corrected chi connectivity index (χ4v) is 2.95. The van der Waals surface area contributed by atoms with Crippen molar-refractivity contribution >= 4 is 29.2 Å². The molecule has 29 heavy (non-hydrogen) atoms. The largest absolute Gasteiger partial charge is 0.459 e. The van der Waals surface area contributed by atoms with Crippen LogP contribution in [0.2, 0.25) is 5.02 Å². The van der Waals surface area contributed by atoms with Gasteiger partial charge in [-0.1, -0.05) is 22.8 Å². The molecule has 0 bridgehead atoms. The first-order valence-electron chi connectivity index (χ1n) is 8.81. The number of aromatic nitrogens is 1. The average Bonchev–Trinajstić information content (AvgIpc) is 3.03. The first kappa shape index (κ1) is 20.5. The van der Waals surface area contributed by atoms with Gasteiger partial charge in [0.2, 0.25) is 0 Å². The second-order valence-corrected chi connectivity index (χ2v) is 6.95. The molecule has 1 amide bonds. The number of benzene rings is 2. The standard InChI is InChI=1S/C21H18ClFN2O4/c1-11(2)28-21(27)13-7-9-14(10-8-13)24-20(26)17-12(3)29-25-19(17)18-15(22)5-4-6-16(18)23/h4-11H,1-3H3,(H,24,26). The molecule has 3 aromatic rings. The van der Waals surface area contributed by atoms with Crippen molar-refractivity contribution in [3.63, 3.8) is 0 Å². The van der Waals surface area contributed by atoms with Gasteiger partial charge in [0.25, 0.3) is 5.91 Å². The van der Waals surface area contributed by atoms with E-state index in [2.05, 4.69) is 10.5 Å². The highest BCUT2D eigenvalue weighted by Gasteiger charge is 2.25. The van der Waals surface area contributed by atoms with Crippen LogP contribution in [0.5, 0.6) is 0 Å². The molecule has 0 spiro atoms. The number of nitrogens with zero attached hydrogens (tertiary/aromatic N) is 1. The van der Waals surface area contributed by atoms with E-state index in [0.29, 0.717) is 11.3 Å². The average molecular weight is 417 g/mol. The molecule has 0 aliphatic heterocycles. The molecular weight excluding hydrogens is 399 g/mol. The van der Waals surface area contributed by atoms with Crippen LogP contribution in [0.25, 0.3) is 11.3 Å².